The predicted octanol–water partition coefficient (Wildman–Crippen LogP) is 2.39. The van der Waals surface area contributed by atoms with Crippen LogP contribution in [0.25, 0.3) is 0 Å². The zero-order chi connectivity index (χ0) is 12.3. The zero-order valence-corrected chi connectivity index (χ0v) is 10.3. The molecular weight excluding hydrogens is 212 g/mol. The van der Waals surface area contributed by atoms with Crippen LogP contribution in [-0.2, 0) is 13.5 Å². The van der Waals surface area contributed by atoms with Gasteiger partial charge in [-0.25, -0.2) is 4.98 Å². The largest absolute Gasteiger partial charge is 0.388 e. The molecule has 0 fully saturated rings. The third-order valence-corrected chi connectivity index (χ3v) is 3.02. The summed E-state index contributed by atoms with van der Waals surface area (Å²) in [6.07, 6.45) is 4.79. The van der Waals surface area contributed by atoms with Crippen LogP contribution in [0, 0.1) is 6.92 Å². The van der Waals surface area contributed by atoms with Crippen molar-refractivity contribution in [3.05, 3.63) is 53.6 Å². The number of rotatable bonds is 4. The molecule has 17 heavy (non-hydrogen) atoms. The fourth-order valence-corrected chi connectivity index (χ4v) is 1.86. The minimum Gasteiger partial charge on any atom is -0.388 e. The van der Waals surface area contributed by atoms with Gasteiger partial charge in [0.1, 0.15) is 5.82 Å². The second kappa shape index (κ2) is 5.15. The summed E-state index contributed by atoms with van der Waals surface area (Å²) in [6.45, 7) is 2.05. The molecule has 0 aliphatic rings. The quantitative estimate of drug-likeness (QED) is 0.875. The lowest BCUT2D eigenvalue weighted by molar-refractivity contribution is 0.167. The highest BCUT2D eigenvalue weighted by Gasteiger charge is 2.09. The average Bonchev–Trinajstić information content (AvgIpc) is 2.73. The van der Waals surface area contributed by atoms with Crippen LogP contribution in [0.1, 0.15) is 29.5 Å². The topological polar surface area (TPSA) is 38.1 Å². The monoisotopic (exact) mass is 230 g/mol. The molecule has 0 radical (unpaired) electrons. The van der Waals surface area contributed by atoms with Crippen molar-refractivity contribution in [2.24, 2.45) is 7.05 Å². The Morgan fingerprint density at radius 1 is 1.29 bits per heavy atom. The van der Waals surface area contributed by atoms with E-state index in [4.69, 9.17) is 0 Å². The lowest BCUT2D eigenvalue weighted by Crippen LogP contribution is -2.03. The second-order valence-corrected chi connectivity index (χ2v) is 4.42. The second-order valence-electron chi connectivity index (χ2n) is 4.42. The third-order valence-electron chi connectivity index (χ3n) is 3.02. The van der Waals surface area contributed by atoms with Crippen molar-refractivity contribution in [3.8, 4) is 0 Å². The van der Waals surface area contributed by atoms with E-state index in [1.165, 1.54) is 5.56 Å². The van der Waals surface area contributed by atoms with Gasteiger partial charge in [-0.05, 0) is 18.9 Å². The number of aryl methyl sites for hydroxylation is 3. The van der Waals surface area contributed by atoms with Crippen LogP contribution >= 0.6 is 0 Å². The number of aromatic nitrogens is 2. The molecule has 1 unspecified atom stereocenters. The highest BCUT2D eigenvalue weighted by atomic mass is 16.3. The van der Waals surface area contributed by atoms with E-state index in [0.29, 0.717) is 6.42 Å². The number of nitrogens with zero attached hydrogens (tertiary/aromatic N) is 2. The van der Waals surface area contributed by atoms with E-state index in [1.807, 2.05) is 49.0 Å². The van der Waals surface area contributed by atoms with E-state index in [1.54, 1.807) is 6.20 Å². The highest BCUT2D eigenvalue weighted by Crippen LogP contribution is 2.18. The standard InChI is InChI=1S/C14H18N2O/c1-11-3-5-12(6-4-11)13(17)7-8-14-15-9-10-16(14)2/h3-6,9-10,13,17H,7-8H2,1-2H3. The first-order valence-corrected chi connectivity index (χ1v) is 5.87. The maximum atomic E-state index is 10.1. The Kier molecular flexibility index (Phi) is 3.59. The molecule has 0 aliphatic heterocycles. The normalized spacial score (nSPS) is 12.6. The molecule has 0 saturated carbocycles. The highest BCUT2D eigenvalue weighted by molar-refractivity contribution is 5.23. The summed E-state index contributed by atoms with van der Waals surface area (Å²) < 4.78 is 1.99. The van der Waals surface area contributed by atoms with Crippen LogP contribution in [-0.4, -0.2) is 14.7 Å². The van der Waals surface area contributed by atoms with E-state index in [2.05, 4.69) is 4.98 Å². The molecule has 1 aromatic heterocycles. The predicted molar refractivity (Wildman–Crippen MR) is 67.7 cm³/mol. The number of aliphatic hydroxyl groups excluding tert-OH is 1. The molecule has 0 aliphatic carbocycles. The van der Waals surface area contributed by atoms with Crippen LogP contribution in [0.2, 0.25) is 0 Å². The zero-order valence-electron chi connectivity index (χ0n) is 10.3. The first kappa shape index (κ1) is 11.9. The average molecular weight is 230 g/mol. The summed E-state index contributed by atoms with van der Waals surface area (Å²) in [5.41, 5.74) is 2.19. The number of hydrogen-bond donors (Lipinski definition) is 1. The molecule has 1 N–H and O–H groups in total. The fourth-order valence-electron chi connectivity index (χ4n) is 1.86. The van der Waals surface area contributed by atoms with E-state index < -0.39 is 6.10 Å². The van der Waals surface area contributed by atoms with Crippen molar-refractivity contribution in [2.75, 3.05) is 0 Å². The Bertz CT molecular complexity index is 473. The van der Waals surface area contributed by atoms with Crippen molar-refractivity contribution in [3.63, 3.8) is 0 Å². The van der Waals surface area contributed by atoms with Gasteiger partial charge in [-0.2, -0.15) is 0 Å². The van der Waals surface area contributed by atoms with Crippen LogP contribution < -0.4 is 0 Å². The first-order valence-electron chi connectivity index (χ1n) is 5.87. The van der Waals surface area contributed by atoms with Gasteiger partial charge in [0.25, 0.3) is 0 Å². The summed E-state index contributed by atoms with van der Waals surface area (Å²) in [7, 11) is 1.97. The van der Waals surface area contributed by atoms with Gasteiger partial charge >= 0.3 is 0 Å². The molecule has 1 atom stereocenters. The van der Waals surface area contributed by atoms with E-state index in [-0.39, 0.29) is 0 Å². The molecule has 0 amide bonds. The SMILES string of the molecule is Cc1ccc(C(O)CCc2nccn2C)cc1. The number of hydrogen-bond acceptors (Lipinski definition) is 2. The lowest BCUT2D eigenvalue weighted by Gasteiger charge is -2.11. The van der Waals surface area contributed by atoms with Crippen molar-refractivity contribution in [1.82, 2.24) is 9.55 Å². The van der Waals surface area contributed by atoms with Crippen molar-refractivity contribution >= 4 is 0 Å². The van der Waals surface area contributed by atoms with Crippen molar-refractivity contribution < 1.29 is 5.11 Å². The lowest BCUT2D eigenvalue weighted by atomic mass is 10.0. The van der Waals surface area contributed by atoms with Gasteiger partial charge in [0.05, 0.1) is 6.10 Å². The maximum absolute atomic E-state index is 10.1. The maximum Gasteiger partial charge on any atom is 0.108 e. The molecule has 0 bridgehead atoms. The molecular formula is C14H18N2O. The van der Waals surface area contributed by atoms with Gasteiger partial charge in [-0.15, -0.1) is 0 Å². The Hall–Kier alpha value is -1.61. The minimum atomic E-state index is -0.410. The Balaban J connectivity index is 1.95. The van der Waals surface area contributed by atoms with Crippen LogP contribution in [0.4, 0.5) is 0 Å². The molecule has 2 rings (SSSR count). The van der Waals surface area contributed by atoms with Gasteiger partial charge in [-0.1, -0.05) is 29.8 Å². The summed E-state index contributed by atoms with van der Waals surface area (Å²) in [6, 6.07) is 8.02. The Labute approximate surface area is 102 Å². The van der Waals surface area contributed by atoms with Gasteiger partial charge < -0.3 is 9.67 Å². The molecule has 1 heterocycles. The molecule has 3 heteroatoms. The third kappa shape index (κ3) is 2.94. The fraction of sp³-hybridized carbons (Fsp3) is 0.357. The minimum absolute atomic E-state index is 0.410. The van der Waals surface area contributed by atoms with E-state index in [0.717, 1.165) is 17.8 Å². The Morgan fingerprint density at radius 3 is 2.59 bits per heavy atom. The molecule has 0 spiro atoms. The summed E-state index contributed by atoms with van der Waals surface area (Å²) in [5, 5.41) is 10.1. The molecule has 2 aromatic rings. The summed E-state index contributed by atoms with van der Waals surface area (Å²) in [4.78, 5) is 4.25. The number of imidazole rings is 1. The van der Waals surface area contributed by atoms with Gasteiger partial charge in [0.15, 0.2) is 0 Å². The van der Waals surface area contributed by atoms with Crippen LogP contribution in [0.3, 0.4) is 0 Å². The summed E-state index contributed by atoms with van der Waals surface area (Å²) >= 11 is 0. The molecule has 90 valence electrons. The van der Waals surface area contributed by atoms with E-state index >= 15 is 0 Å². The van der Waals surface area contributed by atoms with Crippen LogP contribution in [0.5, 0.6) is 0 Å². The summed E-state index contributed by atoms with van der Waals surface area (Å²) in [5.74, 6) is 1.01. The Morgan fingerprint density at radius 2 is 2.00 bits per heavy atom. The first-order chi connectivity index (χ1) is 8.16. The molecule has 0 saturated heterocycles. The van der Waals surface area contributed by atoms with Gasteiger partial charge in [0.2, 0.25) is 0 Å². The van der Waals surface area contributed by atoms with Crippen LogP contribution in [0.15, 0.2) is 36.7 Å². The number of benzene rings is 1. The molecule has 1 aromatic carbocycles. The van der Waals surface area contributed by atoms with Gasteiger partial charge in [-0.3, -0.25) is 0 Å². The molecule has 3 nitrogen and oxygen atoms in total. The van der Waals surface area contributed by atoms with Crippen molar-refractivity contribution in [1.29, 1.82) is 0 Å². The van der Waals surface area contributed by atoms with E-state index in [9.17, 15) is 5.11 Å². The smallest absolute Gasteiger partial charge is 0.108 e. The van der Waals surface area contributed by atoms with Crippen molar-refractivity contribution in [2.45, 2.75) is 25.9 Å². The van der Waals surface area contributed by atoms with Gasteiger partial charge in [0, 0.05) is 25.9 Å². The number of aliphatic hydroxyl groups is 1.